The maximum Gasteiger partial charge on any atom is 0.254 e. The molecule has 2 aromatic rings. The Morgan fingerprint density at radius 2 is 2.14 bits per heavy atom. The molecule has 1 amide bonds. The Bertz CT molecular complexity index is 835. The van der Waals surface area contributed by atoms with Crippen LogP contribution in [0.5, 0.6) is 5.75 Å². The molecule has 7 nitrogen and oxygen atoms in total. The van der Waals surface area contributed by atoms with Crippen molar-refractivity contribution in [2.45, 2.75) is 38.5 Å². The average Bonchev–Trinajstić information content (AvgIpc) is 3.34. The molecular weight excluding hydrogens is 356 g/mol. The molecule has 0 unspecified atom stereocenters. The topological polar surface area (TPSA) is 68.6 Å². The Balaban J connectivity index is 1.39. The summed E-state index contributed by atoms with van der Waals surface area (Å²) in [7, 11) is 1.62. The van der Waals surface area contributed by atoms with Gasteiger partial charge >= 0.3 is 0 Å². The highest BCUT2D eigenvalue weighted by molar-refractivity contribution is 5.94. The van der Waals surface area contributed by atoms with E-state index >= 15 is 0 Å². The number of rotatable bonds is 5. The van der Waals surface area contributed by atoms with Gasteiger partial charge in [0.25, 0.3) is 5.91 Å². The van der Waals surface area contributed by atoms with Crippen LogP contribution in [-0.4, -0.2) is 65.6 Å². The number of aromatic nitrogens is 2. The highest BCUT2D eigenvalue weighted by Crippen LogP contribution is 2.26. The number of benzene rings is 1. The fraction of sp³-hybridized carbons (Fsp3) is 0.524. The SMILES string of the molecule is COc1ccccc1-n1cc(C(=O)N[C@H]2C[C@H]3CO[C@@H](C(C)C)CN3C2)cn1. The number of hydrogen-bond donors (Lipinski definition) is 1. The van der Waals surface area contributed by atoms with Gasteiger partial charge in [-0.3, -0.25) is 9.69 Å². The van der Waals surface area contributed by atoms with Gasteiger partial charge in [0.2, 0.25) is 0 Å². The molecular formula is C21H28N4O3. The summed E-state index contributed by atoms with van der Waals surface area (Å²) in [5.41, 5.74) is 1.35. The van der Waals surface area contributed by atoms with E-state index in [0.29, 0.717) is 23.3 Å². The van der Waals surface area contributed by atoms with Crippen molar-refractivity contribution in [3.8, 4) is 11.4 Å². The van der Waals surface area contributed by atoms with E-state index in [-0.39, 0.29) is 18.1 Å². The lowest BCUT2D eigenvalue weighted by atomic mass is 10.0. The second-order valence-corrected chi connectivity index (χ2v) is 7.98. The number of amides is 1. The van der Waals surface area contributed by atoms with Crippen LogP contribution in [0, 0.1) is 5.92 Å². The summed E-state index contributed by atoms with van der Waals surface area (Å²) < 4.78 is 13.0. The number of hydrogen-bond acceptors (Lipinski definition) is 5. The van der Waals surface area contributed by atoms with Gasteiger partial charge in [0.15, 0.2) is 0 Å². The second-order valence-electron chi connectivity index (χ2n) is 7.98. The van der Waals surface area contributed by atoms with Gasteiger partial charge in [0.05, 0.1) is 31.6 Å². The number of para-hydroxylation sites is 2. The number of carbonyl (C=O) groups excluding carboxylic acids is 1. The Hall–Kier alpha value is -2.38. The third kappa shape index (κ3) is 3.77. The van der Waals surface area contributed by atoms with Crippen LogP contribution < -0.4 is 10.1 Å². The fourth-order valence-electron chi connectivity index (χ4n) is 4.07. The van der Waals surface area contributed by atoms with Gasteiger partial charge in [0.1, 0.15) is 11.4 Å². The van der Waals surface area contributed by atoms with Crippen molar-refractivity contribution < 1.29 is 14.3 Å². The quantitative estimate of drug-likeness (QED) is 0.855. The van der Waals surface area contributed by atoms with Crippen molar-refractivity contribution >= 4 is 5.91 Å². The normalized spacial score (nSPS) is 24.9. The van der Waals surface area contributed by atoms with Gasteiger partial charge in [-0.1, -0.05) is 26.0 Å². The van der Waals surface area contributed by atoms with Gasteiger partial charge in [-0.15, -0.1) is 0 Å². The smallest absolute Gasteiger partial charge is 0.254 e. The monoisotopic (exact) mass is 384 g/mol. The summed E-state index contributed by atoms with van der Waals surface area (Å²) in [5, 5.41) is 7.51. The first kappa shape index (κ1) is 19.0. The van der Waals surface area contributed by atoms with Crippen LogP contribution >= 0.6 is 0 Å². The molecule has 4 rings (SSSR count). The summed E-state index contributed by atoms with van der Waals surface area (Å²) in [6.07, 6.45) is 4.55. The molecule has 0 radical (unpaired) electrons. The van der Waals surface area contributed by atoms with Crippen molar-refractivity contribution in [2.24, 2.45) is 5.92 Å². The molecule has 7 heteroatoms. The van der Waals surface area contributed by atoms with E-state index in [1.807, 2.05) is 24.3 Å². The van der Waals surface area contributed by atoms with Gasteiger partial charge in [-0.25, -0.2) is 4.68 Å². The minimum atomic E-state index is -0.0904. The third-order valence-electron chi connectivity index (χ3n) is 5.70. The number of fused-ring (bicyclic) bond motifs is 1. The third-order valence-corrected chi connectivity index (χ3v) is 5.70. The first-order valence-corrected chi connectivity index (χ1v) is 9.89. The zero-order chi connectivity index (χ0) is 19.7. The van der Waals surface area contributed by atoms with E-state index in [4.69, 9.17) is 9.47 Å². The molecule has 3 heterocycles. The molecule has 1 N–H and O–H groups in total. The van der Waals surface area contributed by atoms with E-state index in [1.165, 1.54) is 0 Å². The molecule has 2 saturated heterocycles. The Kier molecular flexibility index (Phi) is 5.37. The van der Waals surface area contributed by atoms with Crippen molar-refractivity contribution in [3.63, 3.8) is 0 Å². The van der Waals surface area contributed by atoms with Crippen LogP contribution in [0.2, 0.25) is 0 Å². The molecule has 0 saturated carbocycles. The molecule has 2 aliphatic rings. The standard InChI is InChI=1S/C21H28N4O3/c1-14(2)20-12-24-11-16(8-17(24)13-28-20)23-21(26)15-9-22-25(10-15)18-6-4-5-7-19(18)27-3/h4-7,9-10,14,16-17,20H,8,11-13H2,1-3H3,(H,23,26)/t16-,17-,20+/m0/s1. The largest absolute Gasteiger partial charge is 0.494 e. The van der Waals surface area contributed by atoms with Crippen LogP contribution in [0.3, 0.4) is 0 Å². The zero-order valence-corrected chi connectivity index (χ0v) is 16.7. The Morgan fingerprint density at radius 3 is 2.93 bits per heavy atom. The van der Waals surface area contributed by atoms with E-state index in [1.54, 1.807) is 24.2 Å². The number of methoxy groups -OCH3 is 1. The summed E-state index contributed by atoms with van der Waals surface area (Å²) >= 11 is 0. The lowest BCUT2D eigenvalue weighted by Crippen LogP contribution is -2.48. The molecule has 1 aromatic heterocycles. The predicted molar refractivity (Wildman–Crippen MR) is 106 cm³/mol. The Labute approximate surface area is 165 Å². The van der Waals surface area contributed by atoms with Crippen molar-refractivity contribution in [1.29, 1.82) is 0 Å². The van der Waals surface area contributed by atoms with Crippen molar-refractivity contribution in [2.75, 3.05) is 26.8 Å². The lowest BCUT2D eigenvalue weighted by Gasteiger charge is -2.36. The highest BCUT2D eigenvalue weighted by atomic mass is 16.5. The summed E-state index contributed by atoms with van der Waals surface area (Å²) in [6, 6.07) is 8.15. The summed E-state index contributed by atoms with van der Waals surface area (Å²) in [4.78, 5) is 15.2. The Morgan fingerprint density at radius 1 is 1.32 bits per heavy atom. The van der Waals surface area contributed by atoms with Crippen LogP contribution in [0.1, 0.15) is 30.6 Å². The minimum absolute atomic E-state index is 0.0904. The number of nitrogens with one attached hydrogen (secondary N) is 1. The van der Waals surface area contributed by atoms with Gasteiger partial charge < -0.3 is 14.8 Å². The predicted octanol–water partition coefficient (Wildman–Crippen LogP) is 2.11. The number of carbonyl (C=O) groups is 1. The van der Waals surface area contributed by atoms with Gasteiger partial charge in [-0.2, -0.15) is 5.10 Å². The fourth-order valence-corrected chi connectivity index (χ4v) is 4.07. The molecule has 2 fully saturated rings. The van der Waals surface area contributed by atoms with E-state index in [9.17, 15) is 4.79 Å². The first-order chi connectivity index (χ1) is 13.5. The number of morpholine rings is 1. The average molecular weight is 384 g/mol. The molecule has 28 heavy (non-hydrogen) atoms. The molecule has 2 aliphatic heterocycles. The summed E-state index contributed by atoms with van der Waals surface area (Å²) in [5.74, 6) is 1.13. The molecule has 3 atom stereocenters. The molecule has 1 aromatic carbocycles. The van der Waals surface area contributed by atoms with Crippen LogP contribution in [0.4, 0.5) is 0 Å². The molecule has 0 bridgehead atoms. The van der Waals surface area contributed by atoms with Crippen molar-refractivity contribution in [3.05, 3.63) is 42.2 Å². The van der Waals surface area contributed by atoms with E-state index in [2.05, 4.69) is 29.2 Å². The number of nitrogens with zero attached hydrogens (tertiary/aromatic N) is 3. The highest BCUT2D eigenvalue weighted by Gasteiger charge is 2.38. The van der Waals surface area contributed by atoms with Gasteiger partial charge in [-0.05, 0) is 24.5 Å². The maximum absolute atomic E-state index is 12.7. The minimum Gasteiger partial charge on any atom is -0.494 e. The maximum atomic E-state index is 12.7. The zero-order valence-electron chi connectivity index (χ0n) is 16.7. The first-order valence-electron chi connectivity index (χ1n) is 9.89. The number of ether oxygens (including phenoxy) is 2. The van der Waals surface area contributed by atoms with Crippen LogP contribution in [0.25, 0.3) is 5.69 Å². The second kappa shape index (κ2) is 7.93. The molecule has 0 spiro atoms. The van der Waals surface area contributed by atoms with E-state index in [0.717, 1.165) is 31.8 Å². The van der Waals surface area contributed by atoms with E-state index < -0.39 is 0 Å². The lowest BCUT2D eigenvalue weighted by molar-refractivity contribution is -0.0683. The molecule has 150 valence electrons. The van der Waals surface area contributed by atoms with Crippen molar-refractivity contribution in [1.82, 2.24) is 20.0 Å². The van der Waals surface area contributed by atoms with Crippen LogP contribution in [-0.2, 0) is 4.74 Å². The van der Waals surface area contributed by atoms with Gasteiger partial charge in [0, 0.05) is 31.4 Å². The summed E-state index contributed by atoms with van der Waals surface area (Å²) in [6.45, 7) is 6.96. The molecule has 0 aliphatic carbocycles. The van der Waals surface area contributed by atoms with Crippen LogP contribution in [0.15, 0.2) is 36.7 Å².